The molecule has 0 aromatic heterocycles. The second kappa shape index (κ2) is 6.84. The molecule has 2 bridgehead atoms. The van der Waals surface area contributed by atoms with Crippen molar-refractivity contribution in [3.05, 3.63) is 24.3 Å². The van der Waals surface area contributed by atoms with Crippen LogP contribution in [0.2, 0.25) is 0 Å². The summed E-state index contributed by atoms with van der Waals surface area (Å²) in [4.78, 5) is 13.6. The lowest BCUT2D eigenvalue weighted by molar-refractivity contribution is -0.191. The first kappa shape index (κ1) is 20.8. The highest BCUT2D eigenvalue weighted by Gasteiger charge is 2.68. The van der Waals surface area contributed by atoms with Gasteiger partial charge in [-0.05, 0) is 54.9 Å². The van der Waals surface area contributed by atoms with E-state index >= 15 is 0 Å². The summed E-state index contributed by atoms with van der Waals surface area (Å²) in [6.07, 6.45) is 7.81. The fourth-order valence-electron chi connectivity index (χ4n) is 6.72. The minimum atomic E-state index is -0.628. The number of hydrogen-bond donors (Lipinski definition) is 2. The molecule has 3 rings (SSSR count). The van der Waals surface area contributed by atoms with Crippen LogP contribution in [0.25, 0.3) is 0 Å². The van der Waals surface area contributed by atoms with Crippen LogP contribution in [0.15, 0.2) is 24.3 Å². The largest absolute Gasteiger partial charge is 0.392 e. The molecule has 3 aliphatic rings. The highest BCUT2D eigenvalue weighted by molar-refractivity contribution is 6.01. The minimum Gasteiger partial charge on any atom is -0.392 e. The molecule has 0 spiro atoms. The van der Waals surface area contributed by atoms with E-state index in [9.17, 15) is 15.0 Å². The molecule has 0 saturated heterocycles. The fraction of sp³-hybridized carbons (Fsp3) is 0.792. The number of carbonyl (C=O) groups is 1. The average molecular weight is 375 g/mol. The van der Waals surface area contributed by atoms with Crippen LogP contribution in [0.3, 0.4) is 0 Å². The molecule has 0 aromatic carbocycles. The number of unbranched alkanes of at least 4 members (excludes halogenated alkanes) is 1. The molecule has 0 unspecified atom stereocenters. The lowest BCUT2D eigenvalue weighted by Crippen LogP contribution is -2.62. The summed E-state index contributed by atoms with van der Waals surface area (Å²) in [6.45, 7) is 14.6. The van der Waals surface area contributed by atoms with E-state index in [1.165, 1.54) is 0 Å². The molecule has 8 atom stereocenters. The SMILES string of the molecule is C=C[C@]1(C)C[C@@H](O)[C@]2(C)[C@H](C)CC[C@]3(C/C(=C\CCC)C(=O)[C@H]32)[C@@H](C)[C@@H]1O. The molecule has 152 valence electrons. The van der Waals surface area contributed by atoms with Gasteiger partial charge < -0.3 is 10.2 Å². The first-order valence-electron chi connectivity index (χ1n) is 10.8. The van der Waals surface area contributed by atoms with Crippen LogP contribution in [0.4, 0.5) is 0 Å². The highest BCUT2D eigenvalue weighted by atomic mass is 16.3. The number of aliphatic hydroxyl groups excluding tert-OH is 2. The van der Waals surface area contributed by atoms with Crippen LogP contribution < -0.4 is 0 Å². The van der Waals surface area contributed by atoms with Gasteiger partial charge in [0, 0.05) is 16.7 Å². The molecular formula is C24H38O3. The molecule has 3 nitrogen and oxygen atoms in total. The maximum atomic E-state index is 13.6. The third-order valence-electron chi connectivity index (χ3n) is 8.95. The molecular weight excluding hydrogens is 336 g/mol. The molecule has 3 heteroatoms. The maximum absolute atomic E-state index is 13.6. The summed E-state index contributed by atoms with van der Waals surface area (Å²) < 4.78 is 0. The maximum Gasteiger partial charge on any atom is 0.162 e. The summed E-state index contributed by atoms with van der Waals surface area (Å²) in [6, 6.07) is 0. The van der Waals surface area contributed by atoms with Crippen LogP contribution in [0.1, 0.15) is 73.1 Å². The van der Waals surface area contributed by atoms with Crippen molar-refractivity contribution in [1.82, 2.24) is 0 Å². The lowest BCUT2D eigenvalue weighted by atomic mass is 9.44. The average Bonchev–Trinajstić information content (AvgIpc) is 2.94. The van der Waals surface area contributed by atoms with Crippen LogP contribution in [0, 0.1) is 34.0 Å². The van der Waals surface area contributed by atoms with Crippen molar-refractivity contribution in [1.29, 1.82) is 0 Å². The van der Waals surface area contributed by atoms with Gasteiger partial charge in [-0.25, -0.2) is 0 Å². The van der Waals surface area contributed by atoms with Gasteiger partial charge in [-0.1, -0.05) is 53.2 Å². The molecule has 0 radical (unpaired) electrons. The molecule has 3 fully saturated rings. The number of ketones is 1. The molecule has 0 amide bonds. The van der Waals surface area contributed by atoms with Crippen LogP contribution >= 0.6 is 0 Å². The van der Waals surface area contributed by atoms with E-state index in [1.54, 1.807) is 0 Å². The van der Waals surface area contributed by atoms with E-state index in [4.69, 9.17) is 0 Å². The van der Waals surface area contributed by atoms with E-state index in [0.717, 1.165) is 37.7 Å². The second-order valence-corrected chi connectivity index (χ2v) is 10.2. The zero-order chi connectivity index (χ0) is 20.2. The quantitative estimate of drug-likeness (QED) is 0.557. The Kier molecular flexibility index (Phi) is 5.27. The van der Waals surface area contributed by atoms with Gasteiger partial charge in [-0.2, -0.15) is 0 Å². The smallest absolute Gasteiger partial charge is 0.162 e. The van der Waals surface area contributed by atoms with Crippen molar-refractivity contribution in [2.75, 3.05) is 0 Å². The Bertz CT molecular complexity index is 652. The predicted octanol–water partition coefficient (Wildman–Crippen LogP) is 4.68. The first-order chi connectivity index (χ1) is 12.6. The number of hydrogen-bond acceptors (Lipinski definition) is 3. The van der Waals surface area contributed by atoms with Crippen LogP contribution in [-0.2, 0) is 4.79 Å². The zero-order valence-electron chi connectivity index (χ0n) is 17.8. The Labute approximate surface area is 164 Å². The van der Waals surface area contributed by atoms with Crippen molar-refractivity contribution in [3.63, 3.8) is 0 Å². The normalized spacial score (nSPS) is 51.6. The van der Waals surface area contributed by atoms with Crippen molar-refractivity contribution in [2.24, 2.45) is 34.0 Å². The summed E-state index contributed by atoms with van der Waals surface area (Å²) >= 11 is 0. The number of Topliss-reactive ketones (excluding diaryl/α,β-unsaturated/α-hetero) is 1. The van der Waals surface area contributed by atoms with Crippen molar-refractivity contribution in [2.45, 2.75) is 85.4 Å². The number of allylic oxidation sites excluding steroid dienone is 2. The Morgan fingerprint density at radius 3 is 2.52 bits per heavy atom. The zero-order valence-corrected chi connectivity index (χ0v) is 17.8. The Balaban J connectivity index is 2.21. The van der Waals surface area contributed by atoms with Gasteiger partial charge in [0.25, 0.3) is 0 Å². The molecule has 0 aromatic rings. The van der Waals surface area contributed by atoms with Crippen molar-refractivity contribution in [3.8, 4) is 0 Å². The number of carbonyl (C=O) groups excluding carboxylic acids is 1. The Hall–Kier alpha value is -0.930. The Morgan fingerprint density at radius 2 is 1.93 bits per heavy atom. The van der Waals surface area contributed by atoms with Crippen molar-refractivity contribution >= 4 is 5.78 Å². The third-order valence-corrected chi connectivity index (χ3v) is 8.95. The predicted molar refractivity (Wildman–Crippen MR) is 109 cm³/mol. The monoisotopic (exact) mass is 374 g/mol. The van der Waals surface area contributed by atoms with Gasteiger partial charge >= 0.3 is 0 Å². The van der Waals surface area contributed by atoms with E-state index < -0.39 is 23.0 Å². The van der Waals surface area contributed by atoms with Crippen LogP contribution in [0.5, 0.6) is 0 Å². The molecule has 3 aliphatic carbocycles. The van der Waals surface area contributed by atoms with E-state index in [0.29, 0.717) is 6.42 Å². The highest BCUT2D eigenvalue weighted by Crippen LogP contribution is 2.68. The summed E-state index contributed by atoms with van der Waals surface area (Å²) in [7, 11) is 0. The van der Waals surface area contributed by atoms with Crippen molar-refractivity contribution < 1.29 is 15.0 Å². The number of aliphatic hydroxyl groups is 2. The fourth-order valence-corrected chi connectivity index (χ4v) is 6.72. The summed E-state index contributed by atoms with van der Waals surface area (Å²) in [5.41, 5.74) is -0.331. The van der Waals surface area contributed by atoms with E-state index in [2.05, 4.69) is 40.3 Å². The lowest BCUT2D eigenvalue weighted by Gasteiger charge is -2.61. The van der Waals surface area contributed by atoms with Gasteiger partial charge in [0.1, 0.15) is 0 Å². The molecule has 0 heterocycles. The summed E-state index contributed by atoms with van der Waals surface area (Å²) in [5.74, 6) is 0.293. The molecule has 3 saturated carbocycles. The Morgan fingerprint density at radius 1 is 1.26 bits per heavy atom. The van der Waals surface area contributed by atoms with E-state index in [1.807, 2.05) is 13.0 Å². The standard InChI is InChI=1S/C24H38O3/c1-7-9-10-17-13-24-12-11-15(3)23(6,20(24)19(17)26)18(25)14-22(5,8-2)21(27)16(24)4/h8,10,15-16,18,20-21,25,27H,2,7,9,11-14H2,1,3-6H3/b17-10+/t15-,16+,18-,20+,21+,22-,23+,24+/m1/s1. The topological polar surface area (TPSA) is 57.5 Å². The molecule has 2 N–H and O–H groups in total. The number of rotatable bonds is 3. The minimum absolute atomic E-state index is 0.0127. The van der Waals surface area contributed by atoms with E-state index in [-0.39, 0.29) is 29.0 Å². The second-order valence-electron chi connectivity index (χ2n) is 10.2. The molecule has 0 aliphatic heterocycles. The third kappa shape index (κ3) is 2.72. The van der Waals surface area contributed by atoms with Gasteiger partial charge in [0.2, 0.25) is 0 Å². The van der Waals surface area contributed by atoms with Gasteiger partial charge in [-0.15, -0.1) is 6.58 Å². The first-order valence-corrected chi connectivity index (χ1v) is 10.8. The van der Waals surface area contributed by atoms with Gasteiger partial charge in [0.15, 0.2) is 5.78 Å². The van der Waals surface area contributed by atoms with Gasteiger partial charge in [-0.3, -0.25) is 4.79 Å². The molecule has 27 heavy (non-hydrogen) atoms. The van der Waals surface area contributed by atoms with Crippen LogP contribution in [-0.4, -0.2) is 28.2 Å². The summed E-state index contributed by atoms with van der Waals surface area (Å²) in [5, 5.41) is 22.8. The van der Waals surface area contributed by atoms with Gasteiger partial charge in [0.05, 0.1) is 12.2 Å².